The van der Waals surface area contributed by atoms with Crippen molar-refractivity contribution in [2.75, 3.05) is 6.61 Å². The highest BCUT2D eigenvalue weighted by molar-refractivity contribution is 5.64. The first-order valence-electron chi connectivity index (χ1n) is 5.74. The maximum absolute atomic E-state index is 8.98. The monoisotopic (exact) mass is 227 g/mol. The molecule has 88 valence electrons. The van der Waals surface area contributed by atoms with Crippen LogP contribution in [0.5, 0.6) is 0 Å². The molecular formula is C15H17NO. The zero-order valence-corrected chi connectivity index (χ0v) is 9.93. The van der Waals surface area contributed by atoms with Crippen LogP contribution in [0.3, 0.4) is 0 Å². The lowest BCUT2D eigenvalue weighted by atomic mass is 10.0. The van der Waals surface area contributed by atoms with Crippen LogP contribution in [0, 0.1) is 6.92 Å². The van der Waals surface area contributed by atoms with E-state index in [-0.39, 0.29) is 12.6 Å². The predicted molar refractivity (Wildman–Crippen MR) is 70.6 cm³/mol. The van der Waals surface area contributed by atoms with Gasteiger partial charge in [-0.25, -0.2) is 0 Å². The van der Waals surface area contributed by atoms with Crippen molar-refractivity contribution in [1.29, 1.82) is 0 Å². The van der Waals surface area contributed by atoms with Crippen LogP contribution in [0.15, 0.2) is 48.5 Å². The van der Waals surface area contributed by atoms with Gasteiger partial charge >= 0.3 is 0 Å². The van der Waals surface area contributed by atoms with E-state index in [4.69, 9.17) is 10.8 Å². The lowest BCUT2D eigenvalue weighted by molar-refractivity contribution is 0.268. The first-order chi connectivity index (χ1) is 8.20. The highest BCUT2D eigenvalue weighted by atomic mass is 16.3. The molecule has 3 N–H and O–H groups in total. The largest absolute Gasteiger partial charge is 0.394 e. The minimum Gasteiger partial charge on any atom is -0.394 e. The van der Waals surface area contributed by atoms with E-state index in [2.05, 4.69) is 31.2 Å². The Hall–Kier alpha value is -1.64. The molecule has 1 atom stereocenters. The van der Waals surface area contributed by atoms with Crippen LogP contribution in [-0.4, -0.2) is 11.7 Å². The third kappa shape index (κ3) is 2.73. The second-order valence-electron chi connectivity index (χ2n) is 4.28. The second-order valence-corrected chi connectivity index (χ2v) is 4.28. The molecule has 0 radical (unpaired) electrons. The summed E-state index contributed by atoms with van der Waals surface area (Å²) in [6.45, 7) is 2.05. The van der Waals surface area contributed by atoms with E-state index in [1.54, 1.807) is 0 Å². The van der Waals surface area contributed by atoms with Gasteiger partial charge in [0.2, 0.25) is 0 Å². The summed E-state index contributed by atoms with van der Waals surface area (Å²) >= 11 is 0. The molecule has 2 heteroatoms. The van der Waals surface area contributed by atoms with Gasteiger partial charge in [-0.05, 0) is 23.6 Å². The van der Waals surface area contributed by atoms with Crippen molar-refractivity contribution < 1.29 is 5.11 Å². The Balaban J connectivity index is 2.26. The van der Waals surface area contributed by atoms with E-state index in [9.17, 15) is 0 Å². The Morgan fingerprint density at radius 1 is 0.941 bits per heavy atom. The Kier molecular flexibility index (Phi) is 3.57. The van der Waals surface area contributed by atoms with E-state index in [1.807, 2.05) is 24.3 Å². The minimum absolute atomic E-state index is 0.0239. The van der Waals surface area contributed by atoms with Crippen LogP contribution in [-0.2, 0) is 0 Å². The van der Waals surface area contributed by atoms with Crippen LogP contribution in [0.2, 0.25) is 0 Å². The van der Waals surface area contributed by atoms with Crippen LogP contribution in [0.1, 0.15) is 17.2 Å². The highest BCUT2D eigenvalue weighted by Crippen LogP contribution is 2.21. The van der Waals surface area contributed by atoms with Gasteiger partial charge in [0.15, 0.2) is 0 Å². The summed E-state index contributed by atoms with van der Waals surface area (Å²) in [5, 5.41) is 8.98. The molecule has 2 aromatic rings. The summed E-state index contributed by atoms with van der Waals surface area (Å²) in [5.74, 6) is 0. The smallest absolute Gasteiger partial charge is 0.0624 e. The molecule has 0 aliphatic carbocycles. The lowest BCUT2D eigenvalue weighted by Gasteiger charge is -2.09. The van der Waals surface area contributed by atoms with Gasteiger partial charge in [0, 0.05) is 0 Å². The average molecular weight is 227 g/mol. The van der Waals surface area contributed by atoms with Gasteiger partial charge in [-0.2, -0.15) is 0 Å². The van der Waals surface area contributed by atoms with Gasteiger partial charge < -0.3 is 10.8 Å². The fourth-order valence-electron chi connectivity index (χ4n) is 1.77. The molecule has 17 heavy (non-hydrogen) atoms. The molecule has 0 aliphatic heterocycles. The molecule has 0 aliphatic rings. The Bertz CT molecular complexity index is 473. The van der Waals surface area contributed by atoms with E-state index >= 15 is 0 Å². The van der Waals surface area contributed by atoms with Crippen molar-refractivity contribution in [3.05, 3.63) is 59.7 Å². The van der Waals surface area contributed by atoms with Gasteiger partial charge in [-0.15, -0.1) is 0 Å². The molecule has 0 aromatic heterocycles. The number of rotatable bonds is 3. The standard InChI is InChI=1S/C15H17NO/c1-11-2-4-12(5-3-11)13-6-8-14(9-7-13)15(16)10-17/h2-9,15,17H,10,16H2,1H3/t15-/m1/s1. The molecule has 0 unspecified atom stereocenters. The van der Waals surface area contributed by atoms with Crippen molar-refractivity contribution in [2.24, 2.45) is 5.73 Å². The summed E-state index contributed by atoms with van der Waals surface area (Å²) < 4.78 is 0. The number of benzene rings is 2. The molecule has 2 aromatic carbocycles. The number of hydrogen-bond donors (Lipinski definition) is 2. The predicted octanol–water partition coefficient (Wildman–Crippen LogP) is 2.65. The topological polar surface area (TPSA) is 46.2 Å². The molecule has 0 heterocycles. The molecular weight excluding hydrogens is 210 g/mol. The van der Waals surface area contributed by atoms with Gasteiger partial charge in [0.05, 0.1) is 12.6 Å². The summed E-state index contributed by atoms with van der Waals surface area (Å²) in [6.07, 6.45) is 0. The first kappa shape index (κ1) is 11.8. The third-order valence-electron chi connectivity index (χ3n) is 2.92. The third-order valence-corrected chi connectivity index (χ3v) is 2.92. The van der Waals surface area contributed by atoms with E-state index in [0.717, 1.165) is 5.56 Å². The van der Waals surface area contributed by atoms with Crippen molar-refractivity contribution in [3.8, 4) is 11.1 Å². The molecule has 0 amide bonds. The Morgan fingerprint density at radius 2 is 1.41 bits per heavy atom. The van der Waals surface area contributed by atoms with Gasteiger partial charge in [-0.1, -0.05) is 54.1 Å². The maximum atomic E-state index is 8.98. The SMILES string of the molecule is Cc1ccc(-c2ccc([C@H](N)CO)cc2)cc1. The van der Waals surface area contributed by atoms with Crippen molar-refractivity contribution in [2.45, 2.75) is 13.0 Å². The number of hydrogen-bond acceptors (Lipinski definition) is 2. The van der Waals surface area contributed by atoms with Crippen LogP contribution in [0.4, 0.5) is 0 Å². The van der Waals surface area contributed by atoms with E-state index in [1.165, 1.54) is 16.7 Å². The van der Waals surface area contributed by atoms with Crippen LogP contribution >= 0.6 is 0 Å². The quantitative estimate of drug-likeness (QED) is 0.846. The number of aryl methyl sites for hydroxylation is 1. The Labute approximate surface area is 102 Å². The van der Waals surface area contributed by atoms with Crippen LogP contribution in [0.25, 0.3) is 11.1 Å². The molecule has 0 spiro atoms. The van der Waals surface area contributed by atoms with Gasteiger partial charge in [-0.3, -0.25) is 0 Å². The van der Waals surface area contributed by atoms with E-state index < -0.39 is 0 Å². The van der Waals surface area contributed by atoms with Crippen molar-refractivity contribution >= 4 is 0 Å². The summed E-state index contributed by atoms with van der Waals surface area (Å²) in [7, 11) is 0. The minimum atomic E-state index is -0.290. The average Bonchev–Trinajstić information content (AvgIpc) is 2.39. The number of aliphatic hydroxyl groups excluding tert-OH is 1. The van der Waals surface area contributed by atoms with Gasteiger partial charge in [0.1, 0.15) is 0 Å². The van der Waals surface area contributed by atoms with E-state index in [0.29, 0.717) is 0 Å². The lowest BCUT2D eigenvalue weighted by Crippen LogP contribution is -2.14. The number of aliphatic hydroxyl groups is 1. The Morgan fingerprint density at radius 3 is 1.88 bits per heavy atom. The molecule has 0 saturated carbocycles. The molecule has 0 saturated heterocycles. The fraction of sp³-hybridized carbons (Fsp3) is 0.200. The summed E-state index contributed by atoms with van der Waals surface area (Å²) in [4.78, 5) is 0. The second kappa shape index (κ2) is 5.13. The fourth-order valence-corrected chi connectivity index (χ4v) is 1.77. The van der Waals surface area contributed by atoms with Gasteiger partial charge in [0.25, 0.3) is 0 Å². The van der Waals surface area contributed by atoms with Crippen molar-refractivity contribution in [3.63, 3.8) is 0 Å². The maximum Gasteiger partial charge on any atom is 0.0624 e. The molecule has 2 rings (SSSR count). The summed E-state index contributed by atoms with van der Waals surface area (Å²) in [6, 6.07) is 16.1. The zero-order valence-electron chi connectivity index (χ0n) is 9.93. The molecule has 0 fully saturated rings. The summed E-state index contributed by atoms with van der Waals surface area (Å²) in [5.41, 5.74) is 10.3. The first-order valence-corrected chi connectivity index (χ1v) is 5.74. The van der Waals surface area contributed by atoms with Crippen molar-refractivity contribution in [1.82, 2.24) is 0 Å². The molecule has 2 nitrogen and oxygen atoms in total. The normalized spacial score (nSPS) is 12.4. The van der Waals surface area contributed by atoms with Crippen LogP contribution < -0.4 is 5.73 Å². The highest BCUT2D eigenvalue weighted by Gasteiger charge is 2.04. The molecule has 0 bridgehead atoms. The zero-order chi connectivity index (χ0) is 12.3. The number of nitrogens with two attached hydrogens (primary N) is 1.